The van der Waals surface area contributed by atoms with Crippen LogP contribution in [-0.4, -0.2) is 16.9 Å². The molecule has 3 rings (SSSR count). The smallest absolute Gasteiger partial charge is 0.367 e. The molecule has 0 bridgehead atoms. The topological polar surface area (TPSA) is 54.0 Å². The largest absolute Gasteiger partial charge is 0.417 e. The van der Waals surface area contributed by atoms with E-state index >= 15 is 0 Å². The van der Waals surface area contributed by atoms with Crippen LogP contribution in [0.1, 0.15) is 48.0 Å². The lowest BCUT2D eigenvalue weighted by atomic mass is 9.95. The van der Waals surface area contributed by atoms with Crippen molar-refractivity contribution in [2.24, 2.45) is 0 Å². The number of carbonyl (C=O) groups is 1. The molecule has 2 N–H and O–H groups in total. The van der Waals surface area contributed by atoms with Crippen molar-refractivity contribution in [3.05, 3.63) is 51.6 Å². The summed E-state index contributed by atoms with van der Waals surface area (Å²) >= 11 is 11.8. The first-order valence-corrected chi connectivity index (χ1v) is 9.60. The van der Waals surface area contributed by atoms with Gasteiger partial charge in [0, 0.05) is 17.3 Å². The molecule has 1 aliphatic rings. The average Bonchev–Trinajstić information content (AvgIpc) is 2.64. The molecule has 0 radical (unpaired) electrons. The first-order chi connectivity index (χ1) is 13.2. The third-order valence-corrected chi connectivity index (χ3v) is 5.14. The number of amides is 1. The molecule has 150 valence electrons. The number of benzene rings is 1. The summed E-state index contributed by atoms with van der Waals surface area (Å²) in [6, 6.07) is 5.26. The van der Waals surface area contributed by atoms with Gasteiger partial charge in [-0.05, 0) is 37.1 Å². The number of hydrogen-bond donors (Lipinski definition) is 2. The third-order valence-electron chi connectivity index (χ3n) is 4.59. The Balaban J connectivity index is 1.85. The fourth-order valence-corrected chi connectivity index (χ4v) is 3.64. The van der Waals surface area contributed by atoms with Crippen molar-refractivity contribution in [3.8, 4) is 0 Å². The second kappa shape index (κ2) is 8.57. The summed E-state index contributed by atoms with van der Waals surface area (Å²) in [6.45, 7) is 0. The predicted octanol–water partition coefficient (Wildman–Crippen LogP) is 6.40. The number of nitrogens with zero attached hydrogens (tertiary/aromatic N) is 1. The highest BCUT2D eigenvalue weighted by Gasteiger charge is 2.36. The van der Waals surface area contributed by atoms with Gasteiger partial charge in [-0.25, -0.2) is 4.98 Å². The van der Waals surface area contributed by atoms with E-state index in [1.807, 2.05) is 0 Å². The minimum atomic E-state index is -4.71. The molecule has 28 heavy (non-hydrogen) atoms. The normalized spacial score (nSPS) is 15.3. The summed E-state index contributed by atoms with van der Waals surface area (Å²) in [5, 5.41) is 5.89. The van der Waals surface area contributed by atoms with Gasteiger partial charge in [0.15, 0.2) is 0 Å². The standard InChI is InChI=1S/C19H18Cl2F3N3O/c20-11-6-7-16(15(21)8-11)27-18(28)13-10-25-17(9-14(13)19(22,23)24)26-12-4-2-1-3-5-12/h6-10,12H,1-5H2,(H,25,26)(H,27,28). The summed E-state index contributed by atoms with van der Waals surface area (Å²) in [7, 11) is 0. The van der Waals surface area contributed by atoms with Crippen LogP contribution >= 0.6 is 23.2 Å². The molecule has 0 spiro atoms. The lowest BCUT2D eigenvalue weighted by Gasteiger charge is -2.24. The molecular weight excluding hydrogens is 414 g/mol. The van der Waals surface area contributed by atoms with Gasteiger partial charge in [0.05, 0.1) is 21.8 Å². The maximum Gasteiger partial charge on any atom is 0.417 e. The lowest BCUT2D eigenvalue weighted by molar-refractivity contribution is -0.137. The van der Waals surface area contributed by atoms with E-state index in [0.717, 1.165) is 44.4 Å². The van der Waals surface area contributed by atoms with Crippen molar-refractivity contribution < 1.29 is 18.0 Å². The molecule has 1 aromatic heterocycles. The fourth-order valence-electron chi connectivity index (χ4n) is 3.19. The van der Waals surface area contributed by atoms with Crippen LogP contribution in [0.15, 0.2) is 30.5 Å². The number of alkyl halides is 3. The van der Waals surface area contributed by atoms with E-state index in [0.29, 0.717) is 5.02 Å². The monoisotopic (exact) mass is 431 g/mol. The molecule has 0 saturated heterocycles. The van der Waals surface area contributed by atoms with Crippen molar-refractivity contribution in [2.45, 2.75) is 44.3 Å². The number of carbonyl (C=O) groups excluding carboxylic acids is 1. The Labute approximate surface area is 170 Å². The van der Waals surface area contributed by atoms with Crippen LogP contribution in [-0.2, 0) is 6.18 Å². The molecule has 1 saturated carbocycles. The van der Waals surface area contributed by atoms with Gasteiger partial charge in [0.2, 0.25) is 0 Å². The molecule has 9 heteroatoms. The molecule has 0 atom stereocenters. The van der Waals surface area contributed by atoms with Crippen LogP contribution in [0.5, 0.6) is 0 Å². The van der Waals surface area contributed by atoms with Crippen LogP contribution in [0.3, 0.4) is 0 Å². The van der Waals surface area contributed by atoms with Gasteiger partial charge in [-0.2, -0.15) is 13.2 Å². The summed E-state index contributed by atoms with van der Waals surface area (Å²) in [6.07, 6.45) is 1.21. The van der Waals surface area contributed by atoms with Crippen LogP contribution in [0, 0.1) is 0 Å². The van der Waals surface area contributed by atoms with E-state index in [1.54, 1.807) is 0 Å². The first kappa shape index (κ1) is 20.7. The van der Waals surface area contributed by atoms with Gasteiger partial charge in [-0.1, -0.05) is 42.5 Å². The summed E-state index contributed by atoms with van der Waals surface area (Å²) in [4.78, 5) is 16.5. The minimum absolute atomic E-state index is 0.0925. The number of anilines is 2. The summed E-state index contributed by atoms with van der Waals surface area (Å²) in [5.74, 6) is -0.839. The zero-order valence-electron chi connectivity index (χ0n) is 14.7. The number of nitrogens with one attached hydrogen (secondary N) is 2. The zero-order valence-corrected chi connectivity index (χ0v) is 16.3. The number of rotatable bonds is 4. The van der Waals surface area contributed by atoms with Gasteiger partial charge < -0.3 is 10.6 Å². The quantitative estimate of drug-likeness (QED) is 0.588. The minimum Gasteiger partial charge on any atom is -0.367 e. The molecule has 1 aliphatic carbocycles. The van der Waals surface area contributed by atoms with Gasteiger partial charge in [0.25, 0.3) is 5.91 Å². The highest BCUT2D eigenvalue weighted by molar-refractivity contribution is 6.36. The zero-order chi connectivity index (χ0) is 20.3. The molecule has 4 nitrogen and oxygen atoms in total. The van der Waals surface area contributed by atoms with Crippen LogP contribution < -0.4 is 10.6 Å². The van der Waals surface area contributed by atoms with Crippen LogP contribution in [0.2, 0.25) is 10.0 Å². The fraction of sp³-hybridized carbons (Fsp3) is 0.368. The van der Waals surface area contributed by atoms with Crippen molar-refractivity contribution >= 4 is 40.6 Å². The van der Waals surface area contributed by atoms with E-state index in [4.69, 9.17) is 23.2 Å². The maximum absolute atomic E-state index is 13.6. The Morgan fingerprint density at radius 2 is 1.82 bits per heavy atom. The highest BCUT2D eigenvalue weighted by atomic mass is 35.5. The van der Waals surface area contributed by atoms with E-state index in [1.165, 1.54) is 18.2 Å². The Kier molecular flexibility index (Phi) is 6.35. The summed E-state index contributed by atoms with van der Waals surface area (Å²) in [5.41, 5.74) is -1.47. The maximum atomic E-state index is 13.6. The Hall–Kier alpha value is -1.99. The van der Waals surface area contributed by atoms with Crippen molar-refractivity contribution in [1.82, 2.24) is 4.98 Å². The SMILES string of the molecule is O=C(Nc1ccc(Cl)cc1Cl)c1cnc(NC2CCCCC2)cc1C(F)(F)F. The number of halogens is 5. The molecule has 1 fully saturated rings. The second-order valence-corrected chi connectivity index (χ2v) is 7.51. The van der Waals surface area contributed by atoms with E-state index in [-0.39, 0.29) is 22.6 Å². The molecule has 0 aliphatic heterocycles. The number of aromatic nitrogens is 1. The van der Waals surface area contributed by atoms with Gasteiger partial charge in [-0.3, -0.25) is 4.79 Å². The molecule has 1 aromatic carbocycles. The van der Waals surface area contributed by atoms with Crippen LogP contribution in [0.4, 0.5) is 24.7 Å². The van der Waals surface area contributed by atoms with Gasteiger partial charge in [-0.15, -0.1) is 0 Å². The number of pyridine rings is 1. The third kappa shape index (κ3) is 5.08. The van der Waals surface area contributed by atoms with Crippen molar-refractivity contribution in [2.75, 3.05) is 10.6 Å². The van der Waals surface area contributed by atoms with Gasteiger partial charge >= 0.3 is 6.18 Å². The van der Waals surface area contributed by atoms with E-state index in [2.05, 4.69) is 15.6 Å². The molecule has 0 unspecified atom stereocenters. The van der Waals surface area contributed by atoms with Crippen LogP contribution in [0.25, 0.3) is 0 Å². The molecular formula is C19H18Cl2F3N3O. The van der Waals surface area contributed by atoms with Gasteiger partial charge in [0.1, 0.15) is 5.82 Å². The van der Waals surface area contributed by atoms with E-state index in [9.17, 15) is 18.0 Å². The average molecular weight is 432 g/mol. The van der Waals surface area contributed by atoms with Crippen molar-refractivity contribution in [1.29, 1.82) is 0 Å². The lowest BCUT2D eigenvalue weighted by Crippen LogP contribution is -2.24. The Morgan fingerprint density at radius 1 is 1.11 bits per heavy atom. The Morgan fingerprint density at radius 3 is 2.46 bits per heavy atom. The van der Waals surface area contributed by atoms with Crippen molar-refractivity contribution in [3.63, 3.8) is 0 Å². The second-order valence-electron chi connectivity index (χ2n) is 6.67. The van der Waals surface area contributed by atoms with E-state index < -0.39 is 23.2 Å². The molecule has 1 heterocycles. The predicted molar refractivity (Wildman–Crippen MR) is 104 cm³/mol. The summed E-state index contributed by atoms with van der Waals surface area (Å²) < 4.78 is 40.7. The highest BCUT2D eigenvalue weighted by Crippen LogP contribution is 2.34. The first-order valence-electron chi connectivity index (χ1n) is 8.84. The Bertz CT molecular complexity index is 868. The molecule has 1 amide bonds. The number of hydrogen-bond acceptors (Lipinski definition) is 3. The molecule has 2 aromatic rings.